The maximum absolute atomic E-state index is 13.6. The van der Waals surface area contributed by atoms with Gasteiger partial charge >= 0.3 is 0 Å². The van der Waals surface area contributed by atoms with E-state index in [9.17, 15) is 14.0 Å². The minimum atomic E-state index is -0.945. The number of fused-ring (bicyclic) bond motifs is 1. The van der Waals surface area contributed by atoms with E-state index in [1.54, 1.807) is 28.9 Å². The van der Waals surface area contributed by atoms with Crippen molar-refractivity contribution in [2.45, 2.75) is 25.8 Å². The van der Waals surface area contributed by atoms with Crippen molar-refractivity contribution in [3.8, 4) is 5.69 Å². The third-order valence-electron chi connectivity index (χ3n) is 5.95. The normalized spacial score (nSPS) is 17.1. The molecule has 2 aromatic heterocycles. The van der Waals surface area contributed by atoms with Gasteiger partial charge in [-0.1, -0.05) is 42.0 Å². The molecule has 34 heavy (non-hydrogen) atoms. The lowest BCUT2D eigenvalue weighted by Gasteiger charge is -2.32. The van der Waals surface area contributed by atoms with Crippen molar-refractivity contribution in [2.24, 2.45) is 0 Å². The highest BCUT2D eigenvalue weighted by molar-refractivity contribution is 6.04. The Morgan fingerprint density at radius 2 is 1.85 bits per heavy atom. The number of carbonyl (C=O) groups excluding carboxylic acids is 2. The van der Waals surface area contributed by atoms with Crippen LogP contribution in [0.1, 0.15) is 38.7 Å². The maximum Gasteiger partial charge on any atom is 0.251 e. The highest BCUT2D eigenvalue weighted by atomic mass is 19.1. The second-order valence-corrected chi connectivity index (χ2v) is 8.30. The van der Waals surface area contributed by atoms with E-state index >= 15 is 0 Å². The molecule has 1 aliphatic heterocycles. The van der Waals surface area contributed by atoms with E-state index in [4.69, 9.17) is 0 Å². The van der Waals surface area contributed by atoms with Crippen LogP contribution in [-0.4, -0.2) is 32.6 Å². The lowest BCUT2D eigenvalue weighted by molar-refractivity contribution is -0.118. The molecule has 2 N–H and O–H groups in total. The second kappa shape index (κ2) is 8.55. The van der Waals surface area contributed by atoms with Crippen LogP contribution in [0, 0.1) is 19.8 Å². The Morgan fingerprint density at radius 1 is 1.06 bits per heavy atom. The van der Waals surface area contributed by atoms with Crippen molar-refractivity contribution in [1.29, 1.82) is 0 Å². The average Bonchev–Trinajstić information content (AvgIpc) is 3.16. The van der Waals surface area contributed by atoms with Crippen molar-refractivity contribution in [3.63, 3.8) is 0 Å². The van der Waals surface area contributed by atoms with Crippen LogP contribution in [0.25, 0.3) is 5.69 Å². The average molecular weight is 455 g/mol. The molecule has 0 fully saturated rings. The molecule has 4 aromatic rings. The Labute approximate surface area is 195 Å². The molecule has 8 heteroatoms. The molecule has 0 saturated heterocycles. The van der Waals surface area contributed by atoms with Gasteiger partial charge in [-0.05, 0) is 49.7 Å². The molecule has 1 aliphatic rings. The minimum absolute atomic E-state index is 0.375. The van der Waals surface area contributed by atoms with Gasteiger partial charge in [0.15, 0.2) is 0 Å². The number of aromatic nitrogens is 3. The molecule has 0 aliphatic carbocycles. The number of halogens is 1. The Hall–Kier alpha value is -4.33. The molecule has 0 unspecified atom stereocenters. The van der Waals surface area contributed by atoms with Gasteiger partial charge in [0.05, 0.1) is 11.4 Å². The molecule has 170 valence electrons. The fourth-order valence-corrected chi connectivity index (χ4v) is 4.39. The van der Waals surface area contributed by atoms with Gasteiger partial charge in [0.25, 0.3) is 5.91 Å². The first kappa shape index (κ1) is 21.5. The summed E-state index contributed by atoms with van der Waals surface area (Å²) in [5.41, 5.74) is 4.19. The summed E-state index contributed by atoms with van der Waals surface area (Å²) < 4.78 is 15.3. The number of benzene rings is 2. The van der Waals surface area contributed by atoms with Gasteiger partial charge in [-0.25, -0.2) is 9.67 Å². The van der Waals surface area contributed by atoms with Crippen molar-refractivity contribution in [3.05, 3.63) is 107 Å². The predicted molar refractivity (Wildman–Crippen MR) is 125 cm³/mol. The quantitative estimate of drug-likeness (QED) is 0.457. The molecule has 7 nitrogen and oxygen atoms in total. The fourth-order valence-electron chi connectivity index (χ4n) is 4.39. The zero-order valence-corrected chi connectivity index (χ0v) is 18.6. The van der Waals surface area contributed by atoms with E-state index in [0.29, 0.717) is 22.6 Å². The largest absolute Gasteiger partial charge is 0.339 e. The van der Waals surface area contributed by atoms with Gasteiger partial charge in [0.2, 0.25) is 11.9 Å². The smallest absolute Gasteiger partial charge is 0.251 e. The number of anilines is 1. The lowest BCUT2D eigenvalue weighted by Crippen LogP contribution is -2.50. The number of nitrogens with zero attached hydrogens (tertiary/aromatic N) is 3. The zero-order chi connectivity index (χ0) is 23.8. The standard InChI is InChI=1S/C26H22FN5O2/c1-15-7-6-8-17(13-15)25(33)29-23-22(18-11-12-20(27)28-14-18)21-16(2)31-32(24(21)30-26(23)34)19-9-4-3-5-10-19/h3-14,22-23H,1-2H3,(H,29,33)(H,30,34)/t22-,23+/m1/s1. The van der Waals surface area contributed by atoms with Crippen LogP contribution in [0.2, 0.25) is 0 Å². The van der Waals surface area contributed by atoms with E-state index in [1.165, 1.54) is 12.3 Å². The molecule has 5 rings (SSSR count). The Balaban J connectivity index is 1.62. The third-order valence-corrected chi connectivity index (χ3v) is 5.95. The molecule has 0 saturated carbocycles. The van der Waals surface area contributed by atoms with E-state index in [1.807, 2.05) is 50.2 Å². The van der Waals surface area contributed by atoms with Crippen molar-refractivity contribution < 1.29 is 14.0 Å². The molecule has 3 heterocycles. The molecule has 2 aromatic carbocycles. The summed E-state index contributed by atoms with van der Waals surface area (Å²) in [7, 11) is 0. The summed E-state index contributed by atoms with van der Waals surface area (Å²) in [5.74, 6) is -1.48. The number of pyridine rings is 1. The number of aryl methyl sites for hydroxylation is 2. The number of rotatable bonds is 4. The third kappa shape index (κ3) is 3.83. The number of carbonyl (C=O) groups is 2. The van der Waals surface area contributed by atoms with Gasteiger partial charge in [0, 0.05) is 23.2 Å². The van der Waals surface area contributed by atoms with E-state index in [-0.39, 0.29) is 11.8 Å². The van der Waals surface area contributed by atoms with Crippen LogP contribution >= 0.6 is 0 Å². The number of para-hydroxylation sites is 1. The highest BCUT2D eigenvalue weighted by Crippen LogP contribution is 2.40. The summed E-state index contributed by atoms with van der Waals surface area (Å²) in [5, 5.41) is 10.5. The Kier molecular flexibility index (Phi) is 5.41. The molecule has 0 radical (unpaired) electrons. The fraction of sp³-hybridized carbons (Fsp3) is 0.154. The van der Waals surface area contributed by atoms with Crippen LogP contribution in [0.3, 0.4) is 0 Å². The van der Waals surface area contributed by atoms with Gasteiger partial charge in [-0.15, -0.1) is 0 Å². The highest BCUT2D eigenvalue weighted by Gasteiger charge is 2.42. The second-order valence-electron chi connectivity index (χ2n) is 8.30. The number of hydrogen-bond acceptors (Lipinski definition) is 4. The molecule has 2 amide bonds. The van der Waals surface area contributed by atoms with Crippen molar-refractivity contribution in [1.82, 2.24) is 20.1 Å². The van der Waals surface area contributed by atoms with Crippen LogP contribution in [0.5, 0.6) is 0 Å². The first-order chi connectivity index (χ1) is 16.4. The van der Waals surface area contributed by atoms with Gasteiger partial charge in [-0.3, -0.25) is 9.59 Å². The minimum Gasteiger partial charge on any atom is -0.339 e. The topological polar surface area (TPSA) is 88.9 Å². The van der Waals surface area contributed by atoms with Crippen LogP contribution < -0.4 is 10.6 Å². The van der Waals surface area contributed by atoms with Crippen LogP contribution in [0.4, 0.5) is 10.2 Å². The molecule has 0 bridgehead atoms. The van der Waals surface area contributed by atoms with Crippen LogP contribution in [0.15, 0.2) is 72.9 Å². The number of hydrogen-bond donors (Lipinski definition) is 2. The van der Waals surface area contributed by atoms with Crippen LogP contribution in [-0.2, 0) is 4.79 Å². The summed E-state index contributed by atoms with van der Waals surface area (Å²) >= 11 is 0. The molecule has 2 atom stereocenters. The molecular formula is C26H22FN5O2. The Morgan fingerprint density at radius 3 is 2.56 bits per heavy atom. The van der Waals surface area contributed by atoms with Gasteiger partial charge in [-0.2, -0.15) is 9.49 Å². The molecular weight excluding hydrogens is 433 g/mol. The SMILES string of the molecule is Cc1cccc(C(=O)N[C@@H]2C(=O)Nc3c(c(C)nn3-c3ccccc3)[C@H]2c2ccc(F)nc2)c1. The van der Waals surface area contributed by atoms with E-state index in [2.05, 4.69) is 20.7 Å². The zero-order valence-electron chi connectivity index (χ0n) is 18.6. The predicted octanol–water partition coefficient (Wildman–Crippen LogP) is 3.91. The van der Waals surface area contributed by atoms with Gasteiger partial charge < -0.3 is 10.6 Å². The van der Waals surface area contributed by atoms with Gasteiger partial charge in [0.1, 0.15) is 11.9 Å². The lowest BCUT2D eigenvalue weighted by atomic mass is 9.82. The van der Waals surface area contributed by atoms with E-state index < -0.39 is 17.9 Å². The summed E-state index contributed by atoms with van der Waals surface area (Å²) in [6.45, 7) is 3.74. The summed E-state index contributed by atoms with van der Waals surface area (Å²) in [4.78, 5) is 30.2. The monoisotopic (exact) mass is 455 g/mol. The summed E-state index contributed by atoms with van der Waals surface area (Å²) in [6, 6.07) is 18.5. The number of amides is 2. The maximum atomic E-state index is 13.6. The first-order valence-electron chi connectivity index (χ1n) is 10.9. The van der Waals surface area contributed by atoms with Crippen molar-refractivity contribution in [2.75, 3.05) is 5.32 Å². The number of nitrogens with one attached hydrogen (secondary N) is 2. The Bertz CT molecular complexity index is 1380. The molecule has 0 spiro atoms. The van der Waals surface area contributed by atoms with Crippen molar-refractivity contribution >= 4 is 17.6 Å². The van der Waals surface area contributed by atoms with E-state index in [0.717, 1.165) is 16.8 Å². The first-order valence-corrected chi connectivity index (χ1v) is 10.9. The summed E-state index contributed by atoms with van der Waals surface area (Å²) in [6.07, 6.45) is 1.40.